The molecule has 0 saturated carbocycles. The van der Waals surface area contributed by atoms with Gasteiger partial charge in [-0.15, -0.1) is 6.58 Å². The first-order valence-electron chi connectivity index (χ1n) is 6.83. The molecule has 0 amide bonds. The highest BCUT2D eigenvalue weighted by Crippen LogP contribution is 2.32. The van der Waals surface area contributed by atoms with Crippen LogP contribution in [0.1, 0.15) is 72.1 Å². The molecule has 16 heavy (non-hydrogen) atoms. The first-order valence-corrected chi connectivity index (χ1v) is 6.83. The van der Waals surface area contributed by atoms with Crippen molar-refractivity contribution in [2.45, 2.75) is 72.1 Å². The third kappa shape index (κ3) is 6.87. The molecule has 0 aliphatic heterocycles. The van der Waals surface area contributed by atoms with Crippen molar-refractivity contribution in [2.75, 3.05) is 0 Å². The Kier molecular flexibility index (Phi) is 8.33. The predicted octanol–water partition coefficient (Wildman–Crippen LogP) is 5.90. The average Bonchev–Trinajstić information content (AvgIpc) is 2.22. The lowest BCUT2D eigenvalue weighted by molar-refractivity contribution is 0.430. The van der Waals surface area contributed by atoms with Gasteiger partial charge in [0.05, 0.1) is 0 Å². The van der Waals surface area contributed by atoms with Crippen LogP contribution in [0.3, 0.4) is 0 Å². The average molecular weight is 222 g/mol. The zero-order valence-electron chi connectivity index (χ0n) is 11.6. The highest BCUT2D eigenvalue weighted by molar-refractivity contribution is 5.08. The van der Waals surface area contributed by atoms with E-state index in [0.29, 0.717) is 0 Å². The summed E-state index contributed by atoms with van der Waals surface area (Å²) in [7, 11) is 0. The van der Waals surface area contributed by atoms with E-state index in [9.17, 15) is 0 Å². The SMILES string of the molecule is C=CCC(C)(C)C(=C)CCCCCCCC. The maximum atomic E-state index is 4.23. The molecule has 0 aromatic carbocycles. The number of hydrogen-bond acceptors (Lipinski definition) is 0. The predicted molar refractivity (Wildman–Crippen MR) is 75.7 cm³/mol. The smallest absolute Gasteiger partial charge is 0.0113 e. The Balaban J connectivity index is 3.61. The van der Waals surface area contributed by atoms with Crippen LogP contribution in [-0.4, -0.2) is 0 Å². The van der Waals surface area contributed by atoms with Gasteiger partial charge in [0.25, 0.3) is 0 Å². The van der Waals surface area contributed by atoms with Crippen LogP contribution in [0.5, 0.6) is 0 Å². The van der Waals surface area contributed by atoms with Gasteiger partial charge in [-0.25, -0.2) is 0 Å². The molecule has 94 valence electrons. The van der Waals surface area contributed by atoms with E-state index >= 15 is 0 Å². The van der Waals surface area contributed by atoms with Gasteiger partial charge in [-0.05, 0) is 24.7 Å². The van der Waals surface area contributed by atoms with Gasteiger partial charge in [0, 0.05) is 0 Å². The second kappa shape index (κ2) is 8.61. The molecule has 0 aromatic rings. The lowest BCUT2D eigenvalue weighted by Crippen LogP contribution is -2.12. The van der Waals surface area contributed by atoms with E-state index < -0.39 is 0 Å². The maximum Gasteiger partial charge on any atom is -0.0113 e. The first-order chi connectivity index (χ1) is 7.54. The Bertz CT molecular complexity index is 198. The van der Waals surface area contributed by atoms with Gasteiger partial charge in [0.1, 0.15) is 0 Å². The minimum Gasteiger partial charge on any atom is -0.103 e. The molecule has 0 fully saturated rings. The molecular formula is C16H30. The number of rotatable bonds is 10. The van der Waals surface area contributed by atoms with Crippen LogP contribution < -0.4 is 0 Å². The molecule has 0 rings (SSSR count). The Hall–Kier alpha value is -0.520. The molecule has 0 N–H and O–H groups in total. The normalized spacial score (nSPS) is 11.4. The maximum absolute atomic E-state index is 4.23. The molecule has 0 aliphatic carbocycles. The van der Waals surface area contributed by atoms with Crippen LogP contribution in [0.15, 0.2) is 24.8 Å². The minimum absolute atomic E-state index is 0.241. The summed E-state index contributed by atoms with van der Waals surface area (Å²) in [6, 6.07) is 0. The highest BCUT2D eigenvalue weighted by Gasteiger charge is 2.18. The molecule has 0 radical (unpaired) electrons. The van der Waals surface area contributed by atoms with E-state index in [1.807, 2.05) is 6.08 Å². The van der Waals surface area contributed by atoms with Crippen molar-refractivity contribution in [3.05, 3.63) is 24.8 Å². The van der Waals surface area contributed by atoms with Crippen molar-refractivity contribution < 1.29 is 0 Å². The summed E-state index contributed by atoms with van der Waals surface area (Å²) in [6.45, 7) is 14.9. The topological polar surface area (TPSA) is 0 Å². The van der Waals surface area contributed by atoms with Crippen LogP contribution in [0.2, 0.25) is 0 Å². The second-order valence-electron chi connectivity index (χ2n) is 5.50. The van der Waals surface area contributed by atoms with Crippen LogP contribution in [0, 0.1) is 5.41 Å². The van der Waals surface area contributed by atoms with Crippen molar-refractivity contribution in [3.8, 4) is 0 Å². The third-order valence-electron chi connectivity index (χ3n) is 3.44. The van der Waals surface area contributed by atoms with Crippen molar-refractivity contribution in [3.63, 3.8) is 0 Å². The van der Waals surface area contributed by atoms with Gasteiger partial charge in [-0.1, -0.05) is 71.1 Å². The molecule has 0 aromatic heterocycles. The van der Waals surface area contributed by atoms with Gasteiger partial charge < -0.3 is 0 Å². The molecule has 0 aliphatic rings. The summed E-state index contributed by atoms with van der Waals surface area (Å²) in [6.07, 6.45) is 12.4. The Morgan fingerprint density at radius 1 is 1.06 bits per heavy atom. The number of hydrogen-bond donors (Lipinski definition) is 0. The van der Waals surface area contributed by atoms with Crippen molar-refractivity contribution in [1.29, 1.82) is 0 Å². The molecular weight excluding hydrogens is 192 g/mol. The molecule has 0 saturated heterocycles. The van der Waals surface area contributed by atoms with E-state index in [1.54, 1.807) is 0 Å². The fourth-order valence-electron chi connectivity index (χ4n) is 1.96. The summed E-state index contributed by atoms with van der Waals surface area (Å²) in [5.74, 6) is 0. The minimum atomic E-state index is 0.241. The van der Waals surface area contributed by atoms with Gasteiger partial charge in [-0.3, -0.25) is 0 Å². The monoisotopic (exact) mass is 222 g/mol. The molecule has 0 spiro atoms. The molecule has 0 heterocycles. The molecule has 0 bridgehead atoms. The Morgan fingerprint density at radius 2 is 1.62 bits per heavy atom. The molecule has 0 nitrogen and oxygen atoms in total. The van der Waals surface area contributed by atoms with Gasteiger partial charge in [0.15, 0.2) is 0 Å². The van der Waals surface area contributed by atoms with Crippen molar-refractivity contribution >= 4 is 0 Å². The Labute approximate surface area is 103 Å². The second-order valence-corrected chi connectivity index (χ2v) is 5.50. The van der Waals surface area contributed by atoms with Crippen LogP contribution in [-0.2, 0) is 0 Å². The third-order valence-corrected chi connectivity index (χ3v) is 3.44. The lowest BCUT2D eigenvalue weighted by atomic mass is 9.79. The number of unbranched alkanes of at least 4 members (excludes halogenated alkanes) is 5. The van der Waals surface area contributed by atoms with Crippen LogP contribution >= 0.6 is 0 Å². The largest absolute Gasteiger partial charge is 0.103 e. The zero-order chi connectivity index (χ0) is 12.4. The summed E-state index contributed by atoms with van der Waals surface area (Å²) in [4.78, 5) is 0. The standard InChI is InChI=1S/C16H30/c1-6-8-9-10-11-12-13-15(3)16(4,5)14-7-2/h7H,2-3,6,8-14H2,1,4-5H3. The van der Waals surface area contributed by atoms with E-state index in [2.05, 4.69) is 33.9 Å². The fraction of sp³-hybridized carbons (Fsp3) is 0.750. The fourth-order valence-corrected chi connectivity index (χ4v) is 1.96. The quantitative estimate of drug-likeness (QED) is 0.319. The lowest BCUT2D eigenvalue weighted by Gasteiger charge is -2.26. The van der Waals surface area contributed by atoms with Crippen LogP contribution in [0.4, 0.5) is 0 Å². The Morgan fingerprint density at radius 3 is 2.19 bits per heavy atom. The molecule has 0 atom stereocenters. The van der Waals surface area contributed by atoms with E-state index in [4.69, 9.17) is 0 Å². The summed E-state index contributed by atoms with van der Waals surface area (Å²) in [5.41, 5.74) is 1.63. The van der Waals surface area contributed by atoms with Crippen molar-refractivity contribution in [1.82, 2.24) is 0 Å². The molecule has 0 unspecified atom stereocenters. The van der Waals surface area contributed by atoms with Crippen LogP contribution in [0.25, 0.3) is 0 Å². The highest BCUT2D eigenvalue weighted by atomic mass is 14.2. The summed E-state index contributed by atoms with van der Waals surface area (Å²) < 4.78 is 0. The summed E-state index contributed by atoms with van der Waals surface area (Å²) >= 11 is 0. The first kappa shape index (κ1) is 15.5. The van der Waals surface area contributed by atoms with E-state index in [-0.39, 0.29) is 5.41 Å². The summed E-state index contributed by atoms with van der Waals surface area (Å²) in [5, 5.41) is 0. The van der Waals surface area contributed by atoms with Gasteiger partial charge in [0.2, 0.25) is 0 Å². The van der Waals surface area contributed by atoms with E-state index in [1.165, 1.54) is 50.5 Å². The van der Waals surface area contributed by atoms with Gasteiger partial charge >= 0.3 is 0 Å². The number of allylic oxidation sites excluding steroid dienone is 2. The molecule has 0 heteroatoms. The zero-order valence-corrected chi connectivity index (χ0v) is 11.6. The van der Waals surface area contributed by atoms with Gasteiger partial charge in [-0.2, -0.15) is 0 Å². The van der Waals surface area contributed by atoms with E-state index in [0.717, 1.165) is 6.42 Å². The van der Waals surface area contributed by atoms with Crippen molar-refractivity contribution in [2.24, 2.45) is 5.41 Å².